The van der Waals surface area contributed by atoms with E-state index in [-0.39, 0.29) is 22.8 Å². The first-order valence-corrected chi connectivity index (χ1v) is 12.4. The van der Waals surface area contributed by atoms with E-state index in [2.05, 4.69) is 32.7 Å². The minimum Gasteiger partial charge on any atom is -0.491 e. The molecule has 1 aromatic heterocycles. The van der Waals surface area contributed by atoms with Crippen LogP contribution in [0.25, 0.3) is 5.69 Å². The fourth-order valence-corrected chi connectivity index (χ4v) is 3.82. The molecule has 0 radical (unpaired) electrons. The summed E-state index contributed by atoms with van der Waals surface area (Å²) in [7, 11) is 0. The number of ether oxygens (including phenoxy) is 1. The molecule has 1 heterocycles. The van der Waals surface area contributed by atoms with Crippen LogP contribution in [0.1, 0.15) is 33.3 Å². The molecule has 0 fully saturated rings. The highest BCUT2D eigenvalue weighted by Gasteiger charge is 2.24. The van der Waals surface area contributed by atoms with Gasteiger partial charge < -0.3 is 15.2 Å². The van der Waals surface area contributed by atoms with Gasteiger partial charge in [-0.15, -0.1) is 5.10 Å². The molecule has 12 heteroatoms. The summed E-state index contributed by atoms with van der Waals surface area (Å²) >= 11 is 13.8. The molecule has 0 atom stereocenters. The molecule has 3 rings (SSSR count). The number of rotatable bonds is 8. The molecule has 3 aromatic rings. The third-order valence-corrected chi connectivity index (χ3v) is 6.14. The van der Waals surface area contributed by atoms with Gasteiger partial charge in [-0.2, -0.15) is 4.68 Å². The Balaban J connectivity index is 1.67. The molecule has 0 spiro atoms. The van der Waals surface area contributed by atoms with Crippen molar-refractivity contribution in [1.29, 1.82) is 0 Å². The summed E-state index contributed by atoms with van der Waals surface area (Å²) in [5.74, 6) is 4.76. The molecular weight excluding hydrogens is 525 g/mol. The van der Waals surface area contributed by atoms with Crippen LogP contribution in [0, 0.1) is 17.3 Å². The molecule has 0 saturated heterocycles. The second-order valence-corrected chi connectivity index (χ2v) is 10.1. The van der Waals surface area contributed by atoms with Crippen LogP contribution in [0.3, 0.4) is 0 Å². The van der Waals surface area contributed by atoms with Gasteiger partial charge in [-0.1, -0.05) is 46.8 Å². The van der Waals surface area contributed by atoms with Gasteiger partial charge >= 0.3 is 5.97 Å². The Kier molecular flexibility index (Phi) is 8.84. The first-order chi connectivity index (χ1) is 17.0. The summed E-state index contributed by atoms with van der Waals surface area (Å²) in [6.07, 6.45) is -0.0186. The fraction of sp³-hybridized carbons (Fsp3) is 0.292. The molecule has 0 bridgehead atoms. The number of benzene rings is 2. The standard InChI is InChI=1S/C24H23Cl2N5O4S/c1-14(2)35-16-6-7-17(25)20(12-16)31-23(28-29-30-31)36-13-21(32)27-19-8-5-15(11-18(19)26)9-10-24(3,4)22(33)34/h5-8,11-12,14H,13H2,1-4H3,(H,27,32)(H,33,34). The van der Waals surface area contributed by atoms with Crippen molar-refractivity contribution in [3.63, 3.8) is 0 Å². The lowest BCUT2D eigenvalue weighted by atomic mass is 9.94. The number of carboxylic acid groups (broad SMARTS) is 1. The molecule has 2 N–H and O–H groups in total. The number of thioether (sulfide) groups is 1. The van der Waals surface area contributed by atoms with E-state index in [9.17, 15) is 14.7 Å². The average molecular weight is 548 g/mol. The van der Waals surface area contributed by atoms with Crippen LogP contribution in [0.4, 0.5) is 5.69 Å². The largest absolute Gasteiger partial charge is 0.491 e. The van der Waals surface area contributed by atoms with E-state index in [1.807, 2.05) is 13.8 Å². The summed E-state index contributed by atoms with van der Waals surface area (Å²) in [4.78, 5) is 23.8. The quantitative estimate of drug-likeness (QED) is 0.300. The Morgan fingerprint density at radius 1 is 1.19 bits per heavy atom. The highest BCUT2D eigenvalue weighted by molar-refractivity contribution is 7.99. The Morgan fingerprint density at radius 3 is 2.61 bits per heavy atom. The van der Waals surface area contributed by atoms with Crippen LogP contribution >= 0.6 is 35.0 Å². The van der Waals surface area contributed by atoms with Crippen molar-refractivity contribution in [2.75, 3.05) is 11.1 Å². The van der Waals surface area contributed by atoms with Crippen LogP contribution in [-0.2, 0) is 9.59 Å². The van der Waals surface area contributed by atoms with Gasteiger partial charge in [0.05, 0.1) is 33.3 Å². The number of hydrogen-bond donors (Lipinski definition) is 2. The lowest BCUT2D eigenvalue weighted by molar-refractivity contribution is -0.143. The molecule has 188 valence electrons. The van der Waals surface area contributed by atoms with Gasteiger partial charge in [0.15, 0.2) is 0 Å². The van der Waals surface area contributed by atoms with Crippen LogP contribution in [0.2, 0.25) is 10.0 Å². The number of nitrogens with one attached hydrogen (secondary N) is 1. The van der Waals surface area contributed by atoms with E-state index >= 15 is 0 Å². The number of tetrazole rings is 1. The topological polar surface area (TPSA) is 119 Å². The molecule has 36 heavy (non-hydrogen) atoms. The van der Waals surface area contributed by atoms with Crippen molar-refractivity contribution in [2.24, 2.45) is 5.41 Å². The maximum absolute atomic E-state index is 12.6. The number of halogens is 2. The highest BCUT2D eigenvalue weighted by atomic mass is 35.5. The lowest BCUT2D eigenvalue weighted by Crippen LogP contribution is -2.21. The van der Waals surface area contributed by atoms with Gasteiger partial charge in [0.2, 0.25) is 11.1 Å². The molecule has 1 amide bonds. The Hall–Kier alpha value is -3.26. The van der Waals surface area contributed by atoms with E-state index in [1.165, 1.54) is 18.5 Å². The summed E-state index contributed by atoms with van der Waals surface area (Å²) in [5, 5.41) is 24.6. The smallest absolute Gasteiger partial charge is 0.321 e. The van der Waals surface area contributed by atoms with Crippen molar-refractivity contribution >= 4 is 52.5 Å². The number of hydrogen-bond acceptors (Lipinski definition) is 7. The molecule has 9 nitrogen and oxygen atoms in total. The first kappa shape index (κ1) is 27.3. The number of anilines is 1. The molecule has 0 unspecified atom stereocenters. The van der Waals surface area contributed by atoms with Crippen molar-refractivity contribution in [3.05, 3.63) is 52.0 Å². The van der Waals surface area contributed by atoms with Crippen LogP contribution in [0.5, 0.6) is 5.75 Å². The van der Waals surface area contributed by atoms with Crippen molar-refractivity contribution in [3.8, 4) is 23.3 Å². The number of carbonyl (C=O) groups is 2. The van der Waals surface area contributed by atoms with Crippen LogP contribution < -0.4 is 10.1 Å². The van der Waals surface area contributed by atoms with E-state index in [0.717, 1.165) is 11.8 Å². The zero-order valence-corrected chi connectivity index (χ0v) is 22.2. The molecular formula is C24H23Cl2N5O4S. The van der Waals surface area contributed by atoms with E-state index < -0.39 is 11.4 Å². The van der Waals surface area contributed by atoms with Crippen molar-refractivity contribution in [2.45, 2.75) is 39.0 Å². The number of aliphatic carboxylic acids is 1. The van der Waals surface area contributed by atoms with Crippen LogP contribution in [-0.4, -0.2) is 49.0 Å². The normalized spacial score (nSPS) is 11.1. The lowest BCUT2D eigenvalue weighted by Gasteiger charge is -2.12. The number of aromatic nitrogens is 4. The first-order valence-electron chi connectivity index (χ1n) is 10.7. The Bertz CT molecular complexity index is 1350. The third-order valence-electron chi connectivity index (χ3n) is 4.59. The van der Waals surface area contributed by atoms with Gasteiger partial charge in [0.1, 0.15) is 11.2 Å². The highest BCUT2D eigenvalue weighted by Crippen LogP contribution is 2.29. The van der Waals surface area contributed by atoms with Gasteiger partial charge in [0, 0.05) is 11.6 Å². The van der Waals surface area contributed by atoms with Gasteiger partial charge in [-0.25, -0.2) is 0 Å². The maximum Gasteiger partial charge on any atom is 0.321 e. The second kappa shape index (κ2) is 11.6. The predicted molar refractivity (Wildman–Crippen MR) is 139 cm³/mol. The van der Waals surface area contributed by atoms with E-state index in [4.69, 9.17) is 27.9 Å². The van der Waals surface area contributed by atoms with Gasteiger partial charge in [-0.05, 0) is 68.5 Å². The van der Waals surface area contributed by atoms with Crippen molar-refractivity contribution < 1.29 is 19.4 Å². The predicted octanol–water partition coefficient (Wildman–Crippen LogP) is 4.95. The SMILES string of the molecule is CC(C)Oc1ccc(Cl)c(-n2nnnc2SCC(=O)Nc2ccc(C#CC(C)(C)C(=O)O)cc2Cl)c1. The third kappa shape index (κ3) is 7.13. The summed E-state index contributed by atoms with van der Waals surface area (Å²) in [6.45, 7) is 6.85. The van der Waals surface area contributed by atoms with E-state index in [1.54, 1.807) is 36.4 Å². The van der Waals surface area contributed by atoms with Gasteiger partial charge in [-0.3, -0.25) is 9.59 Å². The van der Waals surface area contributed by atoms with Crippen molar-refractivity contribution in [1.82, 2.24) is 20.2 Å². The van der Waals surface area contributed by atoms with Gasteiger partial charge in [0.25, 0.3) is 0 Å². The number of carboxylic acids is 1. The zero-order chi connectivity index (χ0) is 26.5. The Labute approximate surface area is 222 Å². The number of amides is 1. The maximum atomic E-state index is 12.6. The number of nitrogens with zero attached hydrogens (tertiary/aromatic N) is 4. The van der Waals surface area contributed by atoms with E-state index in [0.29, 0.717) is 32.9 Å². The zero-order valence-electron chi connectivity index (χ0n) is 19.9. The molecule has 0 aliphatic carbocycles. The minimum atomic E-state index is -1.20. The molecule has 2 aromatic carbocycles. The fourth-order valence-electron chi connectivity index (χ4n) is 2.71. The minimum absolute atomic E-state index is 0.00483. The molecule has 0 aliphatic rings. The monoisotopic (exact) mass is 547 g/mol. The summed E-state index contributed by atoms with van der Waals surface area (Å²) in [5.41, 5.74) is 0.250. The summed E-state index contributed by atoms with van der Waals surface area (Å²) < 4.78 is 7.15. The molecule has 0 saturated carbocycles. The average Bonchev–Trinajstić information content (AvgIpc) is 3.27. The second-order valence-electron chi connectivity index (χ2n) is 8.36. The number of carbonyl (C=O) groups excluding carboxylic acids is 1. The molecule has 0 aliphatic heterocycles. The Morgan fingerprint density at radius 2 is 1.94 bits per heavy atom. The summed E-state index contributed by atoms with van der Waals surface area (Å²) in [6, 6.07) is 9.98. The van der Waals surface area contributed by atoms with Crippen LogP contribution in [0.15, 0.2) is 41.6 Å².